The zero-order valence-corrected chi connectivity index (χ0v) is 17.5. The van der Waals surface area contributed by atoms with E-state index < -0.39 is 0 Å². The van der Waals surface area contributed by atoms with Crippen LogP contribution < -0.4 is 10.1 Å². The number of amides is 1. The predicted molar refractivity (Wildman–Crippen MR) is 117 cm³/mol. The molecule has 1 amide bonds. The van der Waals surface area contributed by atoms with Gasteiger partial charge < -0.3 is 15.0 Å². The summed E-state index contributed by atoms with van der Waals surface area (Å²) in [5, 5.41) is 11.2. The minimum atomic E-state index is -0.186. The molecule has 2 aromatic carbocycles. The lowest BCUT2D eigenvalue weighted by atomic mass is 10.0. The molecule has 0 saturated heterocycles. The summed E-state index contributed by atoms with van der Waals surface area (Å²) in [6.45, 7) is 1.09. The van der Waals surface area contributed by atoms with Gasteiger partial charge >= 0.3 is 0 Å². The predicted octanol–water partition coefficient (Wildman–Crippen LogP) is 2.77. The lowest BCUT2D eigenvalue weighted by Gasteiger charge is -2.26. The molecule has 156 valence electrons. The number of likely N-dealkylation sites (N-methyl/N-ethyl adjacent to an activating group) is 1. The molecule has 1 N–H and O–H groups in total. The van der Waals surface area contributed by atoms with Gasteiger partial charge in [-0.2, -0.15) is 0 Å². The number of nitrogens with zero attached hydrogens (tertiary/aromatic N) is 4. The number of para-hydroxylation sites is 1. The van der Waals surface area contributed by atoms with Gasteiger partial charge in [0.1, 0.15) is 11.4 Å². The molecule has 0 aliphatic rings. The van der Waals surface area contributed by atoms with Crippen molar-refractivity contribution in [3.8, 4) is 5.75 Å². The van der Waals surface area contributed by atoms with Crippen molar-refractivity contribution in [1.29, 1.82) is 0 Å². The summed E-state index contributed by atoms with van der Waals surface area (Å²) in [6, 6.07) is 17.9. The Morgan fingerprint density at radius 2 is 1.90 bits per heavy atom. The van der Waals surface area contributed by atoms with Crippen LogP contribution in [0, 0.1) is 0 Å². The first kappa shape index (κ1) is 21.3. The fourth-order valence-corrected chi connectivity index (χ4v) is 3.17. The Kier molecular flexibility index (Phi) is 7.34. The van der Waals surface area contributed by atoms with Crippen LogP contribution in [0.2, 0.25) is 0 Å². The molecule has 0 aliphatic carbocycles. The Labute approximate surface area is 177 Å². The molecule has 0 spiro atoms. The van der Waals surface area contributed by atoms with Crippen LogP contribution in [-0.4, -0.2) is 53.6 Å². The van der Waals surface area contributed by atoms with Gasteiger partial charge in [-0.3, -0.25) is 4.79 Å². The van der Waals surface area contributed by atoms with Crippen LogP contribution in [0.3, 0.4) is 0 Å². The number of hydrogen-bond acceptors (Lipinski definition) is 5. The largest absolute Gasteiger partial charge is 0.496 e. The minimum Gasteiger partial charge on any atom is -0.496 e. The highest BCUT2D eigenvalue weighted by Crippen LogP contribution is 2.27. The maximum Gasteiger partial charge on any atom is 0.244 e. The van der Waals surface area contributed by atoms with Gasteiger partial charge in [0.05, 0.1) is 25.9 Å². The standard InChI is InChI=1S/C23H27N5O2/c1-27(2)21(20-11-7-8-12-22(20)30-3)15-24-23(29)14-13-19-17-28(26-25-19)16-18-9-5-4-6-10-18/h4-14,17,21H,15-16H2,1-3H3,(H,24,29)/b14-13+/t21-/m1/s1. The third-order valence-electron chi connectivity index (χ3n) is 4.74. The first-order valence-corrected chi connectivity index (χ1v) is 9.76. The average Bonchev–Trinajstić information content (AvgIpc) is 3.20. The molecule has 1 aromatic heterocycles. The minimum absolute atomic E-state index is 0.00903. The Morgan fingerprint density at radius 1 is 1.17 bits per heavy atom. The van der Waals surface area contributed by atoms with Gasteiger partial charge in [-0.1, -0.05) is 53.7 Å². The van der Waals surface area contributed by atoms with Crippen LogP contribution in [-0.2, 0) is 11.3 Å². The highest BCUT2D eigenvalue weighted by atomic mass is 16.5. The molecule has 0 fully saturated rings. The third-order valence-corrected chi connectivity index (χ3v) is 4.74. The highest BCUT2D eigenvalue weighted by molar-refractivity contribution is 5.91. The Hall–Kier alpha value is -3.45. The zero-order chi connectivity index (χ0) is 21.3. The van der Waals surface area contributed by atoms with Gasteiger partial charge in [0.25, 0.3) is 0 Å². The van der Waals surface area contributed by atoms with E-state index in [1.807, 2.05) is 74.9 Å². The van der Waals surface area contributed by atoms with Gasteiger partial charge in [0.2, 0.25) is 5.91 Å². The normalized spacial score (nSPS) is 12.3. The molecule has 1 heterocycles. The number of rotatable bonds is 9. The first-order chi connectivity index (χ1) is 14.6. The fraction of sp³-hybridized carbons (Fsp3) is 0.261. The molecular formula is C23H27N5O2. The molecule has 0 saturated carbocycles. The van der Waals surface area contributed by atoms with Crippen molar-refractivity contribution < 1.29 is 9.53 Å². The number of aromatic nitrogens is 3. The summed E-state index contributed by atoms with van der Waals surface area (Å²) in [7, 11) is 5.60. The van der Waals surface area contributed by atoms with Gasteiger partial charge in [0.15, 0.2) is 0 Å². The topological polar surface area (TPSA) is 72.3 Å². The first-order valence-electron chi connectivity index (χ1n) is 9.76. The average molecular weight is 406 g/mol. The maximum atomic E-state index is 12.3. The number of methoxy groups -OCH3 is 1. The summed E-state index contributed by atoms with van der Waals surface area (Å²) in [4.78, 5) is 14.4. The number of hydrogen-bond donors (Lipinski definition) is 1. The van der Waals surface area contributed by atoms with Crippen LogP contribution in [0.1, 0.15) is 22.9 Å². The van der Waals surface area contributed by atoms with E-state index in [2.05, 4.69) is 20.5 Å². The summed E-state index contributed by atoms with van der Waals surface area (Å²) in [5.41, 5.74) is 2.80. The molecule has 7 nitrogen and oxygen atoms in total. The summed E-state index contributed by atoms with van der Waals surface area (Å²) in [6.07, 6.45) is 4.96. The molecule has 0 aliphatic heterocycles. The summed E-state index contributed by atoms with van der Waals surface area (Å²) >= 11 is 0. The van der Waals surface area contributed by atoms with E-state index in [4.69, 9.17) is 4.74 Å². The van der Waals surface area contributed by atoms with E-state index in [1.54, 1.807) is 17.9 Å². The lowest BCUT2D eigenvalue weighted by Crippen LogP contribution is -2.33. The quantitative estimate of drug-likeness (QED) is 0.554. The van der Waals surface area contributed by atoms with E-state index in [0.29, 0.717) is 18.8 Å². The summed E-state index contributed by atoms with van der Waals surface area (Å²) in [5.74, 6) is 0.616. The number of benzene rings is 2. The second-order valence-corrected chi connectivity index (χ2v) is 7.13. The van der Waals surface area contributed by atoms with Crippen molar-refractivity contribution in [2.75, 3.05) is 27.7 Å². The van der Waals surface area contributed by atoms with Crippen LogP contribution in [0.5, 0.6) is 5.75 Å². The highest BCUT2D eigenvalue weighted by Gasteiger charge is 2.18. The van der Waals surface area contributed by atoms with Crippen LogP contribution in [0.25, 0.3) is 6.08 Å². The Morgan fingerprint density at radius 3 is 2.63 bits per heavy atom. The fourth-order valence-electron chi connectivity index (χ4n) is 3.17. The zero-order valence-electron chi connectivity index (χ0n) is 17.5. The Balaban J connectivity index is 1.57. The summed E-state index contributed by atoms with van der Waals surface area (Å²) < 4.78 is 7.21. The number of nitrogens with one attached hydrogen (secondary N) is 1. The smallest absolute Gasteiger partial charge is 0.244 e. The van der Waals surface area contributed by atoms with E-state index >= 15 is 0 Å². The number of ether oxygens (including phenoxy) is 1. The second kappa shape index (κ2) is 10.4. The van der Waals surface area contributed by atoms with Crippen molar-refractivity contribution in [3.05, 3.63) is 83.7 Å². The van der Waals surface area contributed by atoms with Crippen molar-refractivity contribution in [2.45, 2.75) is 12.6 Å². The molecule has 30 heavy (non-hydrogen) atoms. The Bertz CT molecular complexity index is 982. The maximum absolute atomic E-state index is 12.3. The van der Waals surface area contributed by atoms with E-state index in [0.717, 1.165) is 16.9 Å². The van der Waals surface area contributed by atoms with Crippen molar-refractivity contribution in [1.82, 2.24) is 25.2 Å². The third kappa shape index (κ3) is 5.78. The van der Waals surface area contributed by atoms with Crippen LogP contribution in [0.15, 0.2) is 66.9 Å². The molecule has 0 unspecified atom stereocenters. The van der Waals surface area contributed by atoms with Gasteiger partial charge in [0, 0.05) is 18.2 Å². The lowest BCUT2D eigenvalue weighted by molar-refractivity contribution is -0.116. The molecule has 1 atom stereocenters. The van der Waals surface area contributed by atoms with Gasteiger partial charge in [-0.15, -0.1) is 5.10 Å². The monoisotopic (exact) mass is 405 g/mol. The van der Waals surface area contributed by atoms with E-state index in [1.165, 1.54) is 6.08 Å². The van der Waals surface area contributed by atoms with Crippen molar-refractivity contribution in [2.24, 2.45) is 0 Å². The second-order valence-electron chi connectivity index (χ2n) is 7.13. The molecule has 3 rings (SSSR count). The van der Waals surface area contributed by atoms with Crippen molar-refractivity contribution >= 4 is 12.0 Å². The molecule has 0 bridgehead atoms. The molecular weight excluding hydrogens is 378 g/mol. The number of carbonyl (C=O) groups is 1. The van der Waals surface area contributed by atoms with Crippen LogP contribution in [0.4, 0.5) is 0 Å². The van der Waals surface area contributed by atoms with Crippen LogP contribution >= 0.6 is 0 Å². The van der Waals surface area contributed by atoms with Gasteiger partial charge in [-0.25, -0.2) is 4.68 Å². The van der Waals surface area contributed by atoms with E-state index in [-0.39, 0.29) is 11.9 Å². The SMILES string of the molecule is COc1ccccc1[C@@H](CNC(=O)/C=C/c1cn(Cc2ccccc2)nn1)N(C)C. The van der Waals surface area contributed by atoms with E-state index in [9.17, 15) is 4.79 Å². The molecule has 0 radical (unpaired) electrons. The van der Waals surface area contributed by atoms with Gasteiger partial charge in [-0.05, 0) is 31.8 Å². The number of carbonyl (C=O) groups excluding carboxylic acids is 1. The molecule has 3 aromatic rings. The molecule has 7 heteroatoms. The van der Waals surface area contributed by atoms with Crippen molar-refractivity contribution in [3.63, 3.8) is 0 Å².